The highest BCUT2D eigenvalue weighted by Gasteiger charge is 2.36. The minimum absolute atomic E-state index is 0.000106. The molecule has 7 N–H and O–H groups in total. The van der Waals surface area contributed by atoms with Crippen LogP contribution in [0.1, 0.15) is 43.0 Å². The van der Waals surface area contributed by atoms with E-state index in [1.165, 1.54) is 32.0 Å². The van der Waals surface area contributed by atoms with Gasteiger partial charge in [-0.15, -0.1) is 0 Å². The van der Waals surface area contributed by atoms with Crippen molar-refractivity contribution in [3.8, 4) is 0 Å². The van der Waals surface area contributed by atoms with E-state index in [0.29, 0.717) is 5.56 Å². The third-order valence-corrected chi connectivity index (χ3v) is 7.73. The molecule has 0 heterocycles. The van der Waals surface area contributed by atoms with Crippen molar-refractivity contribution < 1.29 is 35.5 Å². The van der Waals surface area contributed by atoms with E-state index in [0.717, 1.165) is 12.1 Å². The molecule has 0 fully saturated rings. The Hall–Kier alpha value is -3.78. The fourth-order valence-electron chi connectivity index (χ4n) is 4.10. The Morgan fingerprint density at radius 3 is 1.80 bits per heavy atom. The van der Waals surface area contributed by atoms with Gasteiger partial charge in [0.25, 0.3) is 20.2 Å². The van der Waals surface area contributed by atoms with Crippen LogP contribution in [-0.2, 0) is 20.2 Å². The minimum atomic E-state index is -4.95. The molecule has 3 aromatic carbocycles. The standard InChI is InChI=1S/C22H19N3O8S2/c1-9-13(23)7-15(34(28,29)30)10(2)20(9)25-14-8-16(35(31,32)33)19(24)18-17(14)21(26)11-5-3-4-6-12(11)22(18)27/h3-8,25H,23-24H2,1-2H3,(H,28,29,30)(H,31,32,33). The lowest BCUT2D eigenvalue weighted by atomic mass is 9.82. The zero-order valence-electron chi connectivity index (χ0n) is 18.3. The Balaban J connectivity index is 2.09. The summed E-state index contributed by atoms with van der Waals surface area (Å²) in [5, 5.41) is 2.78. The van der Waals surface area contributed by atoms with Gasteiger partial charge >= 0.3 is 0 Å². The molecule has 0 spiro atoms. The van der Waals surface area contributed by atoms with Crippen molar-refractivity contribution in [2.75, 3.05) is 16.8 Å². The summed E-state index contributed by atoms with van der Waals surface area (Å²) in [4.78, 5) is 25.3. The van der Waals surface area contributed by atoms with E-state index in [9.17, 15) is 35.5 Å². The first-order valence-electron chi connectivity index (χ1n) is 9.91. The number of rotatable bonds is 4. The highest BCUT2D eigenvalue weighted by Crippen LogP contribution is 2.42. The lowest BCUT2D eigenvalue weighted by molar-refractivity contribution is 0.0980. The molecule has 11 nitrogen and oxygen atoms in total. The normalized spacial score (nSPS) is 13.4. The highest BCUT2D eigenvalue weighted by atomic mass is 32.2. The Bertz CT molecular complexity index is 1690. The number of ketones is 2. The molecule has 0 atom stereocenters. The quantitative estimate of drug-likeness (QED) is 0.196. The second kappa shape index (κ2) is 7.88. The monoisotopic (exact) mass is 517 g/mol. The van der Waals surface area contributed by atoms with Crippen molar-refractivity contribution in [3.05, 3.63) is 69.8 Å². The summed E-state index contributed by atoms with van der Waals surface area (Å²) in [5.41, 5.74) is 10.7. The lowest BCUT2D eigenvalue weighted by Crippen LogP contribution is -2.25. The minimum Gasteiger partial charge on any atom is -0.398 e. The molecule has 1 aliphatic rings. The molecule has 0 aromatic heterocycles. The maximum Gasteiger partial charge on any atom is 0.296 e. The van der Waals surface area contributed by atoms with Crippen LogP contribution < -0.4 is 16.8 Å². The van der Waals surface area contributed by atoms with Gasteiger partial charge in [-0.05, 0) is 37.1 Å². The first kappa shape index (κ1) is 24.3. The molecule has 0 amide bonds. The molecule has 182 valence electrons. The summed E-state index contributed by atoms with van der Waals surface area (Å²) in [6, 6.07) is 7.80. The van der Waals surface area contributed by atoms with Crippen LogP contribution in [-0.4, -0.2) is 37.5 Å². The Morgan fingerprint density at radius 2 is 1.29 bits per heavy atom. The summed E-state index contributed by atoms with van der Waals surface area (Å²) >= 11 is 0. The zero-order chi connectivity index (χ0) is 26.0. The lowest BCUT2D eigenvalue weighted by Gasteiger charge is -2.25. The Morgan fingerprint density at radius 1 is 0.771 bits per heavy atom. The smallest absolute Gasteiger partial charge is 0.296 e. The number of hydrogen-bond acceptors (Lipinski definition) is 9. The number of carbonyl (C=O) groups excluding carboxylic acids is 2. The van der Waals surface area contributed by atoms with Gasteiger partial charge in [-0.1, -0.05) is 24.3 Å². The molecule has 0 saturated heterocycles. The third-order valence-electron chi connectivity index (χ3n) is 5.85. The SMILES string of the molecule is Cc1c(N)cc(S(=O)(=O)O)c(C)c1Nc1cc(S(=O)(=O)O)c(N)c2c1C(=O)c1ccccc1C2=O. The molecule has 4 rings (SSSR count). The van der Waals surface area contributed by atoms with Crippen LogP contribution in [0.2, 0.25) is 0 Å². The molecule has 0 radical (unpaired) electrons. The average Bonchev–Trinajstić information content (AvgIpc) is 2.76. The van der Waals surface area contributed by atoms with Gasteiger partial charge in [0.05, 0.1) is 22.5 Å². The molecule has 3 aromatic rings. The van der Waals surface area contributed by atoms with Gasteiger partial charge in [0, 0.05) is 22.5 Å². The summed E-state index contributed by atoms with van der Waals surface area (Å²) in [6.45, 7) is 2.88. The Kier molecular flexibility index (Phi) is 5.48. The number of fused-ring (bicyclic) bond motifs is 2. The largest absolute Gasteiger partial charge is 0.398 e. The number of nitrogens with two attached hydrogens (primary N) is 2. The number of hydrogen-bond donors (Lipinski definition) is 5. The van der Waals surface area contributed by atoms with Crippen molar-refractivity contribution in [1.82, 2.24) is 0 Å². The number of nitrogens with one attached hydrogen (secondary N) is 1. The summed E-state index contributed by atoms with van der Waals surface area (Å²) in [5.74, 6) is -1.39. The molecule has 0 saturated carbocycles. The van der Waals surface area contributed by atoms with E-state index in [4.69, 9.17) is 11.5 Å². The van der Waals surface area contributed by atoms with Crippen LogP contribution >= 0.6 is 0 Å². The van der Waals surface area contributed by atoms with E-state index < -0.39 is 52.8 Å². The van der Waals surface area contributed by atoms with Crippen LogP contribution in [0.4, 0.5) is 22.7 Å². The second-order valence-electron chi connectivity index (χ2n) is 7.95. The summed E-state index contributed by atoms with van der Waals surface area (Å²) in [6.07, 6.45) is 0. The summed E-state index contributed by atoms with van der Waals surface area (Å²) in [7, 11) is -9.65. The predicted molar refractivity (Wildman–Crippen MR) is 127 cm³/mol. The molecule has 0 unspecified atom stereocenters. The van der Waals surface area contributed by atoms with Crippen LogP contribution in [0.3, 0.4) is 0 Å². The Labute approximate surface area is 200 Å². The van der Waals surface area contributed by atoms with E-state index in [1.54, 1.807) is 6.07 Å². The molecule has 0 bridgehead atoms. The van der Waals surface area contributed by atoms with Crippen LogP contribution in [0.25, 0.3) is 0 Å². The maximum absolute atomic E-state index is 13.4. The molecule has 1 aliphatic carbocycles. The van der Waals surface area contributed by atoms with Gasteiger partial charge in [0.2, 0.25) is 0 Å². The zero-order valence-corrected chi connectivity index (χ0v) is 19.9. The van der Waals surface area contributed by atoms with Gasteiger partial charge < -0.3 is 16.8 Å². The third kappa shape index (κ3) is 3.83. The first-order valence-corrected chi connectivity index (χ1v) is 12.8. The van der Waals surface area contributed by atoms with Crippen molar-refractivity contribution in [1.29, 1.82) is 0 Å². The summed E-state index contributed by atoms with van der Waals surface area (Å²) < 4.78 is 67.2. The maximum atomic E-state index is 13.4. The fraction of sp³-hybridized carbons (Fsp3) is 0.0909. The molecule has 0 aliphatic heterocycles. The second-order valence-corrected chi connectivity index (χ2v) is 10.7. The number of carbonyl (C=O) groups is 2. The van der Waals surface area contributed by atoms with Gasteiger partial charge in [0.1, 0.15) is 9.79 Å². The van der Waals surface area contributed by atoms with Crippen molar-refractivity contribution in [2.24, 2.45) is 0 Å². The van der Waals surface area contributed by atoms with Gasteiger partial charge in [-0.2, -0.15) is 16.8 Å². The fourth-order valence-corrected chi connectivity index (χ4v) is 5.51. The number of benzene rings is 3. The molecule has 13 heteroatoms. The van der Waals surface area contributed by atoms with Crippen molar-refractivity contribution in [2.45, 2.75) is 23.6 Å². The highest BCUT2D eigenvalue weighted by molar-refractivity contribution is 7.86. The van der Waals surface area contributed by atoms with E-state index in [2.05, 4.69) is 5.32 Å². The number of anilines is 4. The van der Waals surface area contributed by atoms with Crippen molar-refractivity contribution >= 4 is 54.6 Å². The molecule has 35 heavy (non-hydrogen) atoms. The molecular weight excluding hydrogens is 498 g/mol. The van der Waals surface area contributed by atoms with E-state index in [-0.39, 0.29) is 39.3 Å². The van der Waals surface area contributed by atoms with Crippen LogP contribution in [0.5, 0.6) is 0 Å². The number of nitrogen functional groups attached to an aromatic ring is 2. The van der Waals surface area contributed by atoms with Crippen LogP contribution in [0, 0.1) is 13.8 Å². The predicted octanol–water partition coefficient (Wildman–Crippen LogP) is 2.48. The van der Waals surface area contributed by atoms with E-state index >= 15 is 0 Å². The van der Waals surface area contributed by atoms with Crippen LogP contribution in [0.15, 0.2) is 46.2 Å². The topological polar surface area (TPSA) is 207 Å². The van der Waals surface area contributed by atoms with E-state index in [1.807, 2.05) is 0 Å². The molecular formula is C22H19N3O8S2. The van der Waals surface area contributed by atoms with Gasteiger partial charge in [0.15, 0.2) is 11.6 Å². The van der Waals surface area contributed by atoms with Gasteiger partial charge in [-0.25, -0.2) is 0 Å². The van der Waals surface area contributed by atoms with Gasteiger partial charge in [-0.3, -0.25) is 18.7 Å². The average molecular weight is 518 g/mol. The van der Waals surface area contributed by atoms with Crippen molar-refractivity contribution in [3.63, 3.8) is 0 Å². The first-order chi connectivity index (χ1) is 16.1.